The van der Waals surface area contributed by atoms with Crippen LogP contribution in [0, 0.1) is 0 Å². The predicted octanol–water partition coefficient (Wildman–Crippen LogP) is 3.41. The third kappa shape index (κ3) is 3.01. The Morgan fingerprint density at radius 3 is 2.57 bits per heavy atom. The molecule has 4 rings (SSSR count). The van der Waals surface area contributed by atoms with Crippen LogP contribution < -0.4 is 15.0 Å². The second kappa shape index (κ2) is 7.82. The Morgan fingerprint density at radius 2 is 1.87 bits per heavy atom. The Morgan fingerprint density at radius 1 is 1.13 bits per heavy atom. The summed E-state index contributed by atoms with van der Waals surface area (Å²) in [6.07, 6.45) is 2.08. The van der Waals surface area contributed by atoms with Crippen LogP contribution in [-0.4, -0.2) is 41.9 Å². The van der Waals surface area contributed by atoms with Crippen molar-refractivity contribution in [2.75, 3.05) is 23.9 Å². The normalized spacial score (nSPS) is 20.1. The molecule has 1 saturated heterocycles. The second-order valence-electron chi connectivity index (χ2n) is 7.56. The Labute approximate surface area is 175 Å². The highest BCUT2D eigenvalue weighted by atomic mass is 16.5. The number of hydrogen-bond acceptors (Lipinski definition) is 4. The molecule has 0 aromatic heterocycles. The van der Waals surface area contributed by atoms with E-state index < -0.39 is 5.66 Å². The molecule has 2 aliphatic rings. The maximum Gasteiger partial charge on any atom is 0.271 e. The number of rotatable bonds is 6. The van der Waals surface area contributed by atoms with Gasteiger partial charge >= 0.3 is 0 Å². The zero-order valence-corrected chi connectivity index (χ0v) is 17.2. The quantitative estimate of drug-likeness (QED) is 0.796. The van der Waals surface area contributed by atoms with E-state index >= 15 is 0 Å². The van der Waals surface area contributed by atoms with Gasteiger partial charge in [0.1, 0.15) is 5.75 Å². The molecule has 30 heavy (non-hydrogen) atoms. The minimum Gasteiger partial charge on any atom is -0.497 e. The van der Waals surface area contributed by atoms with Crippen LogP contribution in [-0.2, 0) is 9.59 Å². The first kappa shape index (κ1) is 19.9. The Bertz CT molecular complexity index is 988. The van der Waals surface area contributed by atoms with Crippen molar-refractivity contribution in [1.82, 2.24) is 4.90 Å². The number of unbranched alkanes of at least 4 members (excludes halogenated alkanes) is 1. The summed E-state index contributed by atoms with van der Waals surface area (Å²) in [4.78, 5) is 43.1. The van der Waals surface area contributed by atoms with Gasteiger partial charge < -0.3 is 15.0 Å². The molecule has 1 N–H and O–H groups in total. The van der Waals surface area contributed by atoms with Crippen molar-refractivity contribution in [1.29, 1.82) is 0 Å². The van der Waals surface area contributed by atoms with E-state index in [1.807, 2.05) is 6.92 Å². The highest BCUT2D eigenvalue weighted by Crippen LogP contribution is 2.45. The number of nitrogens with one attached hydrogen (secondary N) is 1. The molecule has 2 aromatic carbocycles. The van der Waals surface area contributed by atoms with Crippen molar-refractivity contribution in [3.05, 3.63) is 54.1 Å². The SMILES string of the molecule is CCCCN1C(=O)c2ccccc2N2C(=O)CC[C@]12C(=O)Nc1ccc(OC)cc1. The van der Waals surface area contributed by atoms with E-state index in [0.717, 1.165) is 12.8 Å². The fourth-order valence-corrected chi connectivity index (χ4v) is 4.31. The molecule has 2 aromatic rings. The van der Waals surface area contributed by atoms with Gasteiger partial charge in [-0.2, -0.15) is 0 Å². The summed E-state index contributed by atoms with van der Waals surface area (Å²) in [5.74, 6) is -0.0659. The second-order valence-corrected chi connectivity index (χ2v) is 7.56. The van der Waals surface area contributed by atoms with Crippen molar-refractivity contribution >= 4 is 29.1 Å². The van der Waals surface area contributed by atoms with Crippen LogP contribution in [0.5, 0.6) is 5.75 Å². The molecule has 7 nitrogen and oxygen atoms in total. The number of amides is 3. The third-order valence-electron chi connectivity index (χ3n) is 5.82. The van der Waals surface area contributed by atoms with Crippen LogP contribution in [0.25, 0.3) is 0 Å². The highest BCUT2D eigenvalue weighted by molar-refractivity contribution is 6.18. The van der Waals surface area contributed by atoms with E-state index in [4.69, 9.17) is 4.74 Å². The van der Waals surface area contributed by atoms with E-state index in [1.165, 1.54) is 4.90 Å². The molecule has 0 spiro atoms. The lowest BCUT2D eigenvalue weighted by molar-refractivity contribution is -0.129. The van der Waals surface area contributed by atoms with Crippen LogP contribution in [0.1, 0.15) is 43.0 Å². The monoisotopic (exact) mass is 407 g/mol. The van der Waals surface area contributed by atoms with Crippen molar-refractivity contribution in [2.45, 2.75) is 38.3 Å². The van der Waals surface area contributed by atoms with Crippen molar-refractivity contribution < 1.29 is 19.1 Å². The van der Waals surface area contributed by atoms with Gasteiger partial charge in [0.25, 0.3) is 11.8 Å². The molecule has 0 unspecified atom stereocenters. The van der Waals surface area contributed by atoms with Gasteiger partial charge in [-0.05, 0) is 42.8 Å². The summed E-state index contributed by atoms with van der Waals surface area (Å²) in [7, 11) is 1.57. The van der Waals surface area contributed by atoms with E-state index in [1.54, 1.807) is 60.5 Å². The zero-order chi connectivity index (χ0) is 21.3. The number of nitrogens with zero attached hydrogens (tertiary/aromatic N) is 2. The van der Waals surface area contributed by atoms with Crippen molar-refractivity contribution in [3.63, 3.8) is 0 Å². The fraction of sp³-hybridized carbons (Fsp3) is 0.348. The summed E-state index contributed by atoms with van der Waals surface area (Å²) >= 11 is 0. The van der Waals surface area contributed by atoms with Crippen LogP contribution in [0.15, 0.2) is 48.5 Å². The van der Waals surface area contributed by atoms with Crippen molar-refractivity contribution in [2.24, 2.45) is 0 Å². The summed E-state index contributed by atoms with van der Waals surface area (Å²) in [5, 5.41) is 2.92. The minimum atomic E-state index is -1.36. The van der Waals surface area contributed by atoms with Crippen LogP contribution in [0.3, 0.4) is 0 Å². The summed E-state index contributed by atoms with van der Waals surface area (Å²) in [6.45, 7) is 2.44. The number of methoxy groups -OCH3 is 1. The van der Waals surface area contributed by atoms with Gasteiger partial charge in [-0.25, -0.2) is 0 Å². The topological polar surface area (TPSA) is 79.0 Å². The molecule has 156 valence electrons. The standard InChI is InChI=1S/C23H25N3O4/c1-3-4-15-25-21(28)18-7-5-6-8-19(18)26-20(27)13-14-23(25,26)22(29)24-16-9-11-17(30-2)12-10-16/h5-12H,3-4,13-15H2,1-2H3,(H,24,29)/t23-/m0/s1. The van der Waals surface area contributed by atoms with E-state index in [-0.39, 0.29) is 30.6 Å². The first-order valence-corrected chi connectivity index (χ1v) is 10.2. The average molecular weight is 407 g/mol. The third-order valence-corrected chi connectivity index (χ3v) is 5.82. The van der Waals surface area contributed by atoms with Crippen molar-refractivity contribution in [3.8, 4) is 5.75 Å². The number of ether oxygens (including phenoxy) is 1. The predicted molar refractivity (Wildman–Crippen MR) is 113 cm³/mol. The summed E-state index contributed by atoms with van der Waals surface area (Å²) in [5.41, 5.74) is 0.174. The lowest BCUT2D eigenvalue weighted by Gasteiger charge is -2.49. The smallest absolute Gasteiger partial charge is 0.271 e. The van der Waals surface area contributed by atoms with Gasteiger partial charge in [0, 0.05) is 25.1 Å². The van der Waals surface area contributed by atoms with Gasteiger partial charge in [0.2, 0.25) is 11.6 Å². The molecule has 0 radical (unpaired) electrons. The van der Waals surface area contributed by atoms with E-state index in [9.17, 15) is 14.4 Å². The van der Waals surface area contributed by atoms with Crippen LogP contribution >= 0.6 is 0 Å². The maximum atomic E-state index is 13.7. The molecule has 1 fully saturated rings. The molecule has 0 saturated carbocycles. The number of fused-ring (bicyclic) bond motifs is 3. The summed E-state index contributed by atoms with van der Waals surface area (Å²) in [6, 6.07) is 14.0. The molecule has 7 heteroatoms. The van der Waals surface area contributed by atoms with E-state index in [0.29, 0.717) is 29.2 Å². The number of carbonyl (C=O) groups is 3. The van der Waals surface area contributed by atoms with Gasteiger partial charge in [-0.1, -0.05) is 25.5 Å². The first-order chi connectivity index (χ1) is 14.5. The highest BCUT2D eigenvalue weighted by Gasteiger charge is 2.60. The number of hydrogen-bond donors (Lipinski definition) is 1. The molecule has 1 atom stereocenters. The van der Waals surface area contributed by atoms with Gasteiger partial charge in [0.05, 0.1) is 18.4 Å². The minimum absolute atomic E-state index is 0.152. The molecule has 0 bridgehead atoms. The Hall–Kier alpha value is -3.35. The largest absolute Gasteiger partial charge is 0.497 e. The lowest BCUT2D eigenvalue weighted by Crippen LogP contribution is -2.69. The molecule has 2 heterocycles. The van der Waals surface area contributed by atoms with Gasteiger partial charge in [0.15, 0.2) is 0 Å². The van der Waals surface area contributed by atoms with Crippen LogP contribution in [0.4, 0.5) is 11.4 Å². The average Bonchev–Trinajstić information content (AvgIpc) is 3.12. The van der Waals surface area contributed by atoms with E-state index in [2.05, 4.69) is 5.32 Å². The molecule has 2 aliphatic heterocycles. The summed E-state index contributed by atoms with van der Waals surface area (Å²) < 4.78 is 5.17. The number of benzene rings is 2. The fourth-order valence-electron chi connectivity index (χ4n) is 4.31. The first-order valence-electron chi connectivity index (χ1n) is 10.2. The lowest BCUT2D eigenvalue weighted by atomic mass is 9.95. The Balaban J connectivity index is 1.78. The van der Waals surface area contributed by atoms with Gasteiger partial charge in [-0.15, -0.1) is 0 Å². The molecular formula is C23H25N3O4. The number of para-hydroxylation sites is 1. The number of carbonyl (C=O) groups excluding carboxylic acids is 3. The molecular weight excluding hydrogens is 382 g/mol. The van der Waals surface area contributed by atoms with Crippen LogP contribution in [0.2, 0.25) is 0 Å². The number of anilines is 2. The molecule has 3 amide bonds. The zero-order valence-electron chi connectivity index (χ0n) is 17.2. The molecule has 0 aliphatic carbocycles. The Kier molecular flexibility index (Phi) is 5.20. The van der Waals surface area contributed by atoms with Gasteiger partial charge in [-0.3, -0.25) is 19.3 Å². The maximum absolute atomic E-state index is 13.7.